The normalized spacial score (nSPS) is 13.8. The monoisotopic (exact) mass is 698 g/mol. The molecule has 1 aliphatic rings. The fraction of sp³-hybridized carbons (Fsp3) is 0.273. The van der Waals surface area contributed by atoms with Gasteiger partial charge in [0.25, 0.3) is 11.8 Å². The minimum atomic E-state index is -0.326. The topological polar surface area (TPSA) is 180 Å². The summed E-state index contributed by atoms with van der Waals surface area (Å²) in [5.41, 5.74) is 3.94. The highest BCUT2D eigenvalue weighted by Crippen LogP contribution is 2.27. The molecule has 1 aliphatic heterocycles. The minimum absolute atomic E-state index is 0.0737. The lowest BCUT2D eigenvalue weighted by molar-refractivity contribution is 0.0691. The van der Waals surface area contributed by atoms with Gasteiger partial charge in [-0.3, -0.25) is 19.6 Å². The van der Waals surface area contributed by atoms with Gasteiger partial charge in [-0.2, -0.15) is 0 Å². The molecule has 1 saturated heterocycles. The van der Waals surface area contributed by atoms with E-state index in [9.17, 15) is 9.59 Å². The number of aliphatic hydroxyl groups is 1. The van der Waals surface area contributed by atoms with E-state index < -0.39 is 0 Å². The molecule has 14 nitrogen and oxygen atoms in total. The molecule has 2 atom stereocenters. The van der Waals surface area contributed by atoms with Crippen LogP contribution in [0.25, 0.3) is 20.4 Å². The molecule has 0 bridgehead atoms. The van der Waals surface area contributed by atoms with Crippen molar-refractivity contribution in [3.63, 3.8) is 0 Å². The van der Waals surface area contributed by atoms with Crippen molar-refractivity contribution in [2.45, 2.75) is 25.9 Å². The maximum Gasteiger partial charge on any atom is 0.276 e. The predicted octanol–water partition coefficient (Wildman–Crippen LogP) is 4.67. The van der Waals surface area contributed by atoms with Gasteiger partial charge in [-0.05, 0) is 61.0 Å². The van der Waals surface area contributed by atoms with Gasteiger partial charge in [-0.1, -0.05) is 12.1 Å². The molecule has 6 aromatic heterocycles. The van der Waals surface area contributed by atoms with Crippen molar-refractivity contribution >= 4 is 66.8 Å². The molecule has 0 spiro atoms. The van der Waals surface area contributed by atoms with Crippen LogP contribution in [0.2, 0.25) is 0 Å². The van der Waals surface area contributed by atoms with Crippen LogP contribution in [0.4, 0.5) is 11.9 Å². The molecule has 0 aliphatic carbocycles. The number of nitrogens with zero attached hydrogens (tertiary/aromatic N) is 7. The highest BCUT2D eigenvalue weighted by Gasteiger charge is 2.25. The summed E-state index contributed by atoms with van der Waals surface area (Å²) in [6, 6.07) is 15.0. The van der Waals surface area contributed by atoms with Crippen molar-refractivity contribution in [2.24, 2.45) is 0 Å². The lowest BCUT2D eigenvalue weighted by Crippen LogP contribution is -2.29. The Balaban J connectivity index is 0.000000170. The Kier molecular flexibility index (Phi) is 10.9. The van der Waals surface area contributed by atoms with Crippen LogP contribution >= 0.6 is 22.7 Å². The first-order chi connectivity index (χ1) is 23.9. The van der Waals surface area contributed by atoms with E-state index in [2.05, 4.69) is 45.9 Å². The third-order valence-electron chi connectivity index (χ3n) is 7.42. The second-order valence-corrected chi connectivity index (χ2v) is 12.7. The molecule has 6 aromatic rings. The van der Waals surface area contributed by atoms with E-state index in [4.69, 9.17) is 9.84 Å². The molecule has 49 heavy (non-hydrogen) atoms. The number of fused-ring (bicyclic) bond motifs is 2. The lowest BCUT2D eigenvalue weighted by atomic mass is 10.2. The van der Waals surface area contributed by atoms with E-state index in [0.717, 1.165) is 26.3 Å². The Hall–Kier alpha value is -5.16. The van der Waals surface area contributed by atoms with Gasteiger partial charge in [0.1, 0.15) is 6.73 Å². The third kappa shape index (κ3) is 8.11. The van der Waals surface area contributed by atoms with Crippen LogP contribution < -0.4 is 16.0 Å². The van der Waals surface area contributed by atoms with Crippen molar-refractivity contribution in [3.8, 4) is 0 Å². The maximum atomic E-state index is 12.8. The molecule has 7 rings (SSSR count). The average molecular weight is 699 g/mol. The van der Waals surface area contributed by atoms with E-state index in [0.29, 0.717) is 48.7 Å². The summed E-state index contributed by atoms with van der Waals surface area (Å²) in [4.78, 5) is 53.2. The van der Waals surface area contributed by atoms with Crippen LogP contribution in [0, 0.1) is 0 Å². The molecule has 0 unspecified atom stereocenters. The number of anilines is 2. The summed E-state index contributed by atoms with van der Waals surface area (Å²) in [6.45, 7) is 5.46. The van der Waals surface area contributed by atoms with Crippen LogP contribution in [0.5, 0.6) is 0 Å². The molecular formula is C33H34N10O4S2. The molecule has 4 N–H and O–H groups in total. The summed E-state index contributed by atoms with van der Waals surface area (Å²) < 4.78 is 6.81. The Labute approximate surface area is 289 Å². The van der Waals surface area contributed by atoms with Crippen molar-refractivity contribution in [2.75, 3.05) is 43.7 Å². The van der Waals surface area contributed by atoms with Gasteiger partial charge >= 0.3 is 0 Å². The fourth-order valence-corrected chi connectivity index (χ4v) is 6.56. The molecule has 252 valence electrons. The smallest absolute Gasteiger partial charge is 0.276 e. The SMILES string of the molecule is C[C@H](Nc1nc(C(=O)N2CCOC2)c2sccc2n1)c1ccccn1.C[C@H](Nc1nc(C(=O)NCCO)c2sccc2n1)c1ccccn1. The summed E-state index contributed by atoms with van der Waals surface area (Å²) in [5.74, 6) is 0.342. The van der Waals surface area contributed by atoms with Crippen molar-refractivity contribution in [1.29, 1.82) is 0 Å². The van der Waals surface area contributed by atoms with Crippen LogP contribution in [0.3, 0.4) is 0 Å². The molecule has 7 heterocycles. The number of ether oxygens (including phenoxy) is 1. The van der Waals surface area contributed by atoms with Gasteiger partial charge in [0, 0.05) is 25.5 Å². The van der Waals surface area contributed by atoms with Gasteiger partial charge in [0.2, 0.25) is 11.9 Å². The fourth-order valence-electron chi connectivity index (χ4n) is 4.93. The van der Waals surface area contributed by atoms with Crippen LogP contribution in [-0.4, -0.2) is 84.8 Å². The van der Waals surface area contributed by atoms with Crippen molar-refractivity contribution in [1.82, 2.24) is 40.1 Å². The first kappa shape index (κ1) is 33.7. The first-order valence-electron chi connectivity index (χ1n) is 15.5. The standard InChI is InChI=1S/C17H17N5O2S.C16H17N5O2S/c1-11(12-4-2-3-6-18-12)19-17-20-13-5-9-25-15(13)14(21-17)16(23)22-7-8-24-10-22;1-10(11-4-2-3-6-17-11)19-16-20-12-5-9-24-14(12)13(21-16)15(23)18-7-8-22/h2-6,9,11H,7-8,10H2,1H3,(H,19,20,21);2-6,9-10,22H,7-8H2,1H3,(H,18,23)(H,19,20,21)/t11-;10-/m00/s1. The Morgan fingerprint density at radius 2 is 1.41 bits per heavy atom. The Morgan fingerprint density at radius 3 is 1.92 bits per heavy atom. The summed E-state index contributed by atoms with van der Waals surface area (Å²) >= 11 is 2.88. The second kappa shape index (κ2) is 15.8. The summed E-state index contributed by atoms with van der Waals surface area (Å²) in [6.07, 6.45) is 3.48. The minimum Gasteiger partial charge on any atom is -0.395 e. The number of aromatic nitrogens is 6. The van der Waals surface area contributed by atoms with E-state index in [-0.39, 0.29) is 37.0 Å². The number of hydrogen-bond donors (Lipinski definition) is 4. The predicted molar refractivity (Wildman–Crippen MR) is 189 cm³/mol. The number of carbonyl (C=O) groups is 2. The zero-order valence-corrected chi connectivity index (χ0v) is 28.4. The number of pyridine rings is 2. The highest BCUT2D eigenvalue weighted by molar-refractivity contribution is 7.17. The molecule has 0 aromatic carbocycles. The number of hydrogen-bond acceptors (Lipinski definition) is 14. The maximum absolute atomic E-state index is 12.8. The molecule has 2 amide bonds. The number of nitrogens with one attached hydrogen (secondary N) is 3. The number of rotatable bonds is 10. The molecule has 1 fully saturated rings. The Morgan fingerprint density at radius 1 is 0.837 bits per heavy atom. The van der Waals surface area contributed by atoms with Gasteiger partial charge in [0.05, 0.1) is 57.1 Å². The summed E-state index contributed by atoms with van der Waals surface area (Å²) in [7, 11) is 0. The first-order valence-corrected chi connectivity index (χ1v) is 17.3. The van der Waals surface area contributed by atoms with Gasteiger partial charge in [0.15, 0.2) is 11.4 Å². The number of thiophene rings is 2. The van der Waals surface area contributed by atoms with E-state index in [1.54, 1.807) is 17.3 Å². The van der Waals surface area contributed by atoms with Gasteiger partial charge in [-0.15, -0.1) is 22.7 Å². The number of aliphatic hydroxyl groups excluding tert-OH is 1. The zero-order chi connectivity index (χ0) is 34.2. The zero-order valence-electron chi connectivity index (χ0n) is 26.7. The second-order valence-electron chi connectivity index (χ2n) is 10.9. The van der Waals surface area contributed by atoms with E-state index >= 15 is 0 Å². The average Bonchev–Trinajstić information content (AvgIpc) is 3.93. The number of amides is 2. The van der Waals surface area contributed by atoms with Crippen LogP contribution in [-0.2, 0) is 4.74 Å². The lowest BCUT2D eigenvalue weighted by Gasteiger charge is -2.16. The molecule has 16 heteroatoms. The van der Waals surface area contributed by atoms with Crippen LogP contribution in [0.15, 0.2) is 71.7 Å². The number of carbonyl (C=O) groups excluding carboxylic acids is 2. The van der Waals surface area contributed by atoms with E-state index in [1.165, 1.54) is 22.7 Å². The third-order valence-corrected chi connectivity index (χ3v) is 9.24. The Bertz CT molecular complexity index is 2020. The molecular weight excluding hydrogens is 665 g/mol. The van der Waals surface area contributed by atoms with Crippen LogP contribution in [0.1, 0.15) is 58.3 Å². The van der Waals surface area contributed by atoms with Gasteiger partial charge < -0.3 is 30.7 Å². The quantitative estimate of drug-likeness (QED) is 0.156. The highest BCUT2D eigenvalue weighted by atomic mass is 32.1. The summed E-state index contributed by atoms with van der Waals surface area (Å²) in [5, 5.41) is 21.7. The van der Waals surface area contributed by atoms with Crippen molar-refractivity contribution in [3.05, 3.63) is 94.5 Å². The molecule has 0 radical (unpaired) electrons. The largest absolute Gasteiger partial charge is 0.395 e. The van der Waals surface area contributed by atoms with Gasteiger partial charge in [-0.25, -0.2) is 19.9 Å². The molecule has 0 saturated carbocycles. The van der Waals surface area contributed by atoms with E-state index in [1.807, 2.05) is 73.1 Å². The van der Waals surface area contributed by atoms with Crippen molar-refractivity contribution < 1.29 is 19.4 Å².